The van der Waals surface area contributed by atoms with E-state index < -0.39 is 0 Å². The third kappa shape index (κ3) is 2.48. The SMILES string of the molecule is CC(C)[C@@H](N)c1nc(Cc2cccs2)no1. The van der Waals surface area contributed by atoms with E-state index in [2.05, 4.69) is 16.2 Å². The van der Waals surface area contributed by atoms with Gasteiger partial charge in [-0.2, -0.15) is 4.98 Å². The molecule has 0 aliphatic heterocycles. The third-order valence-corrected chi connectivity index (χ3v) is 3.28. The summed E-state index contributed by atoms with van der Waals surface area (Å²) >= 11 is 1.69. The van der Waals surface area contributed by atoms with Crippen LogP contribution in [0, 0.1) is 5.92 Å². The van der Waals surface area contributed by atoms with Crippen molar-refractivity contribution < 1.29 is 4.52 Å². The van der Waals surface area contributed by atoms with Crippen molar-refractivity contribution in [3.63, 3.8) is 0 Å². The number of hydrogen-bond acceptors (Lipinski definition) is 5. The first-order valence-electron chi connectivity index (χ1n) is 5.27. The molecule has 0 amide bonds. The Hall–Kier alpha value is -1.20. The summed E-state index contributed by atoms with van der Waals surface area (Å²) in [5.41, 5.74) is 5.93. The Kier molecular flexibility index (Phi) is 3.36. The van der Waals surface area contributed by atoms with E-state index in [1.54, 1.807) is 11.3 Å². The minimum absolute atomic E-state index is 0.176. The molecule has 0 aromatic carbocycles. The van der Waals surface area contributed by atoms with Crippen molar-refractivity contribution in [3.05, 3.63) is 34.1 Å². The zero-order chi connectivity index (χ0) is 11.5. The van der Waals surface area contributed by atoms with Crippen LogP contribution in [0.5, 0.6) is 0 Å². The van der Waals surface area contributed by atoms with Crippen molar-refractivity contribution >= 4 is 11.3 Å². The normalized spacial score (nSPS) is 13.2. The molecule has 0 saturated heterocycles. The number of rotatable bonds is 4. The lowest BCUT2D eigenvalue weighted by atomic mass is 10.1. The van der Waals surface area contributed by atoms with Crippen molar-refractivity contribution in [2.75, 3.05) is 0 Å². The highest BCUT2D eigenvalue weighted by molar-refractivity contribution is 7.09. The predicted molar refractivity (Wildman–Crippen MR) is 63.2 cm³/mol. The molecular weight excluding hydrogens is 222 g/mol. The number of nitrogens with two attached hydrogens (primary N) is 1. The zero-order valence-electron chi connectivity index (χ0n) is 9.38. The van der Waals surface area contributed by atoms with E-state index in [4.69, 9.17) is 10.3 Å². The zero-order valence-corrected chi connectivity index (χ0v) is 10.2. The van der Waals surface area contributed by atoms with Gasteiger partial charge >= 0.3 is 0 Å². The molecule has 0 aliphatic rings. The highest BCUT2D eigenvalue weighted by atomic mass is 32.1. The van der Waals surface area contributed by atoms with E-state index in [0.29, 0.717) is 24.1 Å². The van der Waals surface area contributed by atoms with Crippen molar-refractivity contribution in [3.8, 4) is 0 Å². The van der Waals surface area contributed by atoms with Crippen molar-refractivity contribution in [1.82, 2.24) is 10.1 Å². The van der Waals surface area contributed by atoms with Gasteiger partial charge in [0.05, 0.1) is 6.04 Å². The molecule has 16 heavy (non-hydrogen) atoms. The third-order valence-electron chi connectivity index (χ3n) is 2.40. The highest BCUT2D eigenvalue weighted by Gasteiger charge is 2.18. The van der Waals surface area contributed by atoms with Crippen LogP contribution in [0.15, 0.2) is 22.0 Å². The summed E-state index contributed by atoms with van der Waals surface area (Å²) in [6, 6.07) is 3.90. The monoisotopic (exact) mass is 237 g/mol. The molecule has 2 N–H and O–H groups in total. The van der Waals surface area contributed by atoms with Gasteiger partial charge in [-0.25, -0.2) is 0 Å². The van der Waals surface area contributed by atoms with E-state index in [1.807, 2.05) is 25.3 Å². The molecule has 86 valence electrons. The fraction of sp³-hybridized carbons (Fsp3) is 0.455. The number of aromatic nitrogens is 2. The van der Waals surface area contributed by atoms with Crippen LogP contribution in [-0.4, -0.2) is 10.1 Å². The first kappa shape index (κ1) is 11.3. The van der Waals surface area contributed by atoms with Crippen molar-refractivity contribution in [1.29, 1.82) is 0 Å². The van der Waals surface area contributed by atoms with E-state index in [1.165, 1.54) is 4.88 Å². The summed E-state index contributed by atoms with van der Waals surface area (Å²) in [6.45, 7) is 4.07. The summed E-state index contributed by atoms with van der Waals surface area (Å²) in [6.07, 6.45) is 0.714. The van der Waals surface area contributed by atoms with E-state index in [9.17, 15) is 0 Å². The topological polar surface area (TPSA) is 64.9 Å². The van der Waals surface area contributed by atoms with Gasteiger partial charge in [-0.3, -0.25) is 0 Å². The Bertz CT molecular complexity index is 436. The molecule has 4 nitrogen and oxygen atoms in total. The summed E-state index contributed by atoms with van der Waals surface area (Å²) in [5, 5.41) is 5.97. The maximum atomic E-state index is 5.93. The van der Waals surface area contributed by atoms with Crippen LogP contribution in [-0.2, 0) is 6.42 Å². The lowest BCUT2D eigenvalue weighted by molar-refractivity contribution is 0.322. The first-order valence-corrected chi connectivity index (χ1v) is 6.15. The van der Waals surface area contributed by atoms with Crippen LogP contribution >= 0.6 is 11.3 Å². The fourth-order valence-electron chi connectivity index (χ4n) is 1.33. The van der Waals surface area contributed by atoms with Gasteiger partial charge in [0.1, 0.15) is 0 Å². The average Bonchev–Trinajstić information content (AvgIpc) is 2.88. The second-order valence-electron chi connectivity index (χ2n) is 4.07. The number of hydrogen-bond donors (Lipinski definition) is 1. The van der Waals surface area contributed by atoms with E-state index in [-0.39, 0.29) is 6.04 Å². The molecule has 0 aliphatic carbocycles. The molecule has 2 heterocycles. The Morgan fingerprint density at radius 1 is 1.50 bits per heavy atom. The minimum atomic E-state index is -0.176. The van der Waals surface area contributed by atoms with Gasteiger partial charge in [0.2, 0.25) is 5.89 Å². The Labute approximate surface area is 98.5 Å². The Morgan fingerprint density at radius 3 is 2.94 bits per heavy atom. The van der Waals surface area contributed by atoms with Crippen LogP contribution in [0.1, 0.15) is 36.5 Å². The van der Waals surface area contributed by atoms with Gasteiger partial charge in [0.15, 0.2) is 5.82 Å². The van der Waals surface area contributed by atoms with Crippen LogP contribution in [0.25, 0.3) is 0 Å². The van der Waals surface area contributed by atoms with Gasteiger partial charge in [-0.05, 0) is 17.4 Å². The maximum absolute atomic E-state index is 5.93. The molecule has 0 saturated carbocycles. The largest absolute Gasteiger partial charge is 0.338 e. The van der Waals surface area contributed by atoms with Crippen molar-refractivity contribution in [2.45, 2.75) is 26.3 Å². The maximum Gasteiger partial charge on any atom is 0.243 e. The quantitative estimate of drug-likeness (QED) is 0.886. The molecule has 0 radical (unpaired) electrons. The predicted octanol–water partition coefficient (Wildman–Crippen LogP) is 2.38. The summed E-state index contributed by atoms with van der Waals surface area (Å²) in [5.74, 6) is 1.53. The summed E-state index contributed by atoms with van der Waals surface area (Å²) < 4.78 is 5.16. The van der Waals surface area contributed by atoms with Gasteiger partial charge in [0.25, 0.3) is 0 Å². The summed E-state index contributed by atoms with van der Waals surface area (Å²) in [7, 11) is 0. The fourth-order valence-corrected chi connectivity index (χ4v) is 2.03. The van der Waals surface area contributed by atoms with E-state index >= 15 is 0 Å². The van der Waals surface area contributed by atoms with Crippen LogP contribution < -0.4 is 5.73 Å². The summed E-state index contributed by atoms with van der Waals surface area (Å²) in [4.78, 5) is 5.54. The minimum Gasteiger partial charge on any atom is -0.338 e. The van der Waals surface area contributed by atoms with Gasteiger partial charge in [-0.15, -0.1) is 11.3 Å². The molecule has 2 aromatic heterocycles. The average molecular weight is 237 g/mol. The number of nitrogens with zero attached hydrogens (tertiary/aromatic N) is 2. The lowest BCUT2D eigenvalue weighted by Crippen LogP contribution is -2.17. The number of thiophene rings is 1. The molecular formula is C11H15N3OS. The second-order valence-corrected chi connectivity index (χ2v) is 5.11. The Balaban J connectivity index is 2.08. The molecule has 2 rings (SSSR count). The molecule has 2 aromatic rings. The smallest absolute Gasteiger partial charge is 0.243 e. The second kappa shape index (κ2) is 4.76. The van der Waals surface area contributed by atoms with Gasteiger partial charge in [-0.1, -0.05) is 25.1 Å². The Morgan fingerprint density at radius 2 is 2.31 bits per heavy atom. The van der Waals surface area contributed by atoms with Crippen LogP contribution in [0.3, 0.4) is 0 Å². The van der Waals surface area contributed by atoms with E-state index in [0.717, 1.165) is 0 Å². The van der Waals surface area contributed by atoms with Gasteiger partial charge in [0, 0.05) is 11.3 Å². The highest BCUT2D eigenvalue weighted by Crippen LogP contribution is 2.18. The van der Waals surface area contributed by atoms with Crippen LogP contribution in [0.4, 0.5) is 0 Å². The lowest BCUT2D eigenvalue weighted by Gasteiger charge is -2.09. The standard InChI is InChI=1S/C11H15N3OS/c1-7(2)10(12)11-13-9(14-15-11)6-8-4-3-5-16-8/h3-5,7,10H,6,12H2,1-2H3/t10-/m1/s1. The molecule has 5 heteroatoms. The molecule has 0 spiro atoms. The molecule has 0 unspecified atom stereocenters. The first-order chi connectivity index (χ1) is 7.66. The molecule has 0 fully saturated rings. The van der Waals surface area contributed by atoms with Gasteiger partial charge < -0.3 is 10.3 Å². The molecule has 1 atom stereocenters. The van der Waals surface area contributed by atoms with Crippen molar-refractivity contribution in [2.24, 2.45) is 11.7 Å². The van der Waals surface area contributed by atoms with Crippen LogP contribution in [0.2, 0.25) is 0 Å². The molecule has 0 bridgehead atoms.